The summed E-state index contributed by atoms with van der Waals surface area (Å²) in [5, 5.41) is 2.96. The van der Waals surface area contributed by atoms with Gasteiger partial charge in [0.1, 0.15) is 11.9 Å². The molecule has 2 aromatic carbocycles. The molecule has 1 saturated heterocycles. The van der Waals surface area contributed by atoms with E-state index in [-0.39, 0.29) is 30.5 Å². The molecule has 154 valence electrons. The number of aryl methyl sites for hydroxylation is 1. The van der Waals surface area contributed by atoms with Crippen LogP contribution in [0, 0.1) is 5.82 Å². The van der Waals surface area contributed by atoms with Gasteiger partial charge in [-0.05, 0) is 55.9 Å². The van der Waals surface area contributed by atoms with Crippen molar-refractivity contribution in [2.24, 2.45) is 0 Å². The summed E-state index contributed by atoms with van der Waals surface area (Å²) in [7, 11) is 0. The number of rotatable bonds is 7. The molecule has 2 atom stereocenters. The Morgan fingerprint density at radius 2 is 1.90 bits per heavy atom. The zero-order chi connectivity index (χ0) is 20.6. The van der Waals surface area contributed by atoms with Gasteiger partial charge in [0.2, 0.25) is 0 Å². The van der Waals surface area contributed by atoms with Crippen LogP contribution in [0.5, 0.6) is 0 Å². The van der Waals surface area contributed by atoms with E-state index >= 15 is 0 Å². The summed E-state index contributed by atoms with van der Waals surface area (Å²) in [6.07, 6.45) is 2.75. The van der Waals surface area contributed by atoms with Crippen molar-refractivity contribution in [2.45, 2.75) is 44.7 Å². The summed E-state index contributed by atoms with van der Waals surface area (Å²) in [4.78, 5) is 26.7. The Kier molecular flexibility index (Phi) is 7.22. The number of urea groups is 1. The number of hydrogen-bond acceptors (Lipinski definition) is 3. The number of halogens is 1. The largest absolute Gasteiger partial charge is 0.464 e. The predicted molar refractivity (Wildman–Crippen MR) is 109 cm³/mol. The zero-order valence-corrected chi connectivity index (χ0v) is 16.6. The Balaban J connectivity index is 1.45. The third-order valence-corrected chi connectivity index (χ3v) is 5.19. The third-order valence-electron chi connectivity index (χ3n) is 5.19. The second-order valence-corrected chi connectivity index (χ2v) is 7.33. The summed E-state index contributed by atoms with van der Waals surface area (Å²) in [6, 6.07) is 15.1. The molecule has 0 saturated carbocycles. The lowest BCUT2D eigenvalue weighted by molar-refractivity contribution is -0.148. The van der Waals surface area contributed by atoms with E-state index in [4.69, 9.17) is 4.74 Å². The molecule has 0 aromatic heterocycles. The van der Waals surface area contributed by atoms with Crippen LogP contribution in [-0.2, 0) is 16.0 Å². The number of benzene rings is 2. The van der Waals surface area contributed by atoms with Crippen molar-refractivity contribution in [3.05, 3.63) is 71.5 Å². The standard InChI is InChI=1S/C23H27FN2O3/c1-17(19-8-3-2-4-9-19)25-23(28)26-15-5-10-21(26)22(27)29-16-6-7-18-11-13-20(24)14-12-18/h2-4,8-9,11-14,17,21H,5-7,10,15-16H2,1H3,(H,25,28)/t17?,21-/m0/s1. The molecule has 1 aliphatic rings. The normalized spacial score (nSPS) is 17.0. The molecule has 1 N–H and O–H groups in total. The first-order valence-corrected chi connectivity index (χ1v) is 10.1. The number of ether oxygens (including phenoxy) is 1. The van der Waals surface area contributed by atoms with Crippen LogP contribution in [0.3, 0.4) is 0 Å². The summed E-state index contributed by atoms with van der Waals surface area (Å²) < 4.78 is 18.3. The molecule has 1 fully saturated rings. The van der Waals surface area contributed by atoms with Crippen LogP contribution in [0.2, 0.25) is 0 Å². The topological polar surface area (TPSA) is 58.6 Å². The minimum absolute atomic E-state index is 0.142. The quantitative estimate of drug-likeness (QED) is 0.561. The van der Waals surface area contributed by atoms with Crippen molar-refractivity contribution in [1.82, 2.24) is 10.2 Å². The van der Waals surface area contributed by atoms with Crippen LogP contribution < -0.4 is 5.32 Å². The highest BCUT2D eigenvalue weighted by molar-refractivity contribution is 5.84. The van der Waals surface area contributed by atoms with Crippen LogP contribution >= 0.6 is 0 Å². The minimum Gasteiger partial charge on any atom is -0.464 e. The van der Waals surface area contributed by atoms with Gasteiger partial charge in [0.25, 0.3) is 0 Å². The molecule has 29 heavy (non-hydrogen) atoms. The van der Waals surface area contributed by atoms with E-state index < -0.39 is 6.04 Å². The molecule has 1 unspecified atom stereocenters. The van der Waals surface area contributed by atoms with E-state index in [0.717, 1.165) is 17.5 Å². The number of carbonyl (C=O) groups excluding carboxylic acids is 2. The van der Waals surface area contributed by atoms with E-state index in [1.165, 1.54) is 12.1 Å². The highest BCUT2D eigenvalue weighted by Crippen LogP contribution is 2.20. The number of nitrogens with zero attached hydrogens (tertiary/aromatic N) is 1. The molecule has 2 amide bonds. The SMILES string of the molecule is CC(NC(=O)N1CCC[C@H]1C(=O)OCCCc1ccc(F)cc1)c1ccccc1. The van der Waals surface area contributed by atoms with Crippen LogP contribution in [0.4, 0.5) is 9.18 Å². The second kappa shape index (κ2) is 10.0. The average Bonchev–Trinajstić information content (AvgIpc) is 3.23. The maximum atomic E-state index is 12.9. The molecule has 0 radical (unpaired) electrons. The molecule has 6 heteroatoms. The van der Waals surface area contributed by atoms with Crippen LogP contribution in [0.25, 0.3) is 0 Å². The van der Waals surface area contributed by atoms with Gasteiger partial charge < -0.3 is 15.0 Å². The van der Waals surface area contributed by atoms with Crippen molar-refractivity contribution in [1.29, 1.82) is 0 Å². The molecule has 2 aromatic rings. The Hall–Kier alpha value is -2.89. The number of likely N-dealkylation sites (tertiary alicyclic amines) is 1. The molecule has 0 aliphatic carbocycles. The number of carbonyl (C=O) groups is 2. The smallest absolute Gasteiger partial charge is 0.328 e. The lowest BCUT2D eigenvalue weighted by atomic mass is 10.1. The highest BCUT2D eigenvalue weighted by Gasteiger charge is 2.35. The molecule has 5 nitrogen and oxygen atoms in total. The summed E-state index contributed by atoms with van der Waals surface area (Å²) >= 11 is 0. The summed E-state index contributed by atoms with van der Waals surface area (Å²) in [5.41, 5.74) is 2.01. The van der Waals surface area contributed by atoms with E-state index in [9.17, 15) is 14.0 Å². The first-order chi connectivity index (χ1) is 14.0. The highest BCUT2D eigenvalue weighted by atomic mass is 19.1. The van der Waals surface area contributed by atoms with Crippen LogP contribution in [0.1, 0.15) is 43.4 Å². The number of hydrogen-bond donors (Lipinski definition) is 1. The van der Waals surface area contributed by atoms with Gasteiger partial charge in [-0.3, -0.25) is 0 Å². The fourth-order valence-electron chi connectivity index (χ4n) is 3.54. The molecular formula is C23H27FN2O3. The van der Waals surface area contributed by atoms with E-state index in [0.29, 0.717) is 25.8 Å². The second-order valence-electron chi connectivity index (χ2n) is 7.33. The van der Waals surface area contributed by atoms with Crippen LogP contribution in [0.15, 0.2) is 54.6 Å². The fourth-order valence-corrected chi connectivity index (χ4v) is 3.54. The third kappa shape index (κ3) is 5.79. The van der Waals surface area contributed by atoms with Crippen molar-refractivity contribution < 1.29 is 18.7 Å². The molecule has 1 heterocycles. The number of nitrogens with one attached hydrogen (secondary N) is 1. The number of amides is 2. The Bertz CT molecular complexity index is 811. The van der Waals surface area contributed by atoms with E-state index in [2.05, 4.69) is 5.32 Å². The Morgan fingerprint density at radius 1 is 1.17 bits per heavy atom. The lowest BCUT2D eigenvalue weighted by Crippen LogP contribution is -2.47. The first kappa shape index (κ1) is 20.8. The van der Waals surface area contributed by atoms with Crippen molar-refractivity contribution in [3.63, 3.8) is 0 Å². The van der Waals surface area contributed by atoms with Gasteiger partial charge in [-0.25, -0.2) is 14.0 Å². The van der Waals surface area contributed by atoms with Crippen molar-refractivity contribution in [3.8, 4) is 0 Å². The average molecular weight is 398 g/mol. The monoisotopic (exact) mass is 398 g/mol. The van der Waals surface area contributed by atoms with Gasteiger partial charge in [0.15, 0.2) is 0 Å². The minimum atomic E-state index is -0.538. The molecular weight excluding hydrogens is 371 g/mol. The summed E-state index contributed by atoms with van der Waals surface area (Å²) in [6.45, 7) is 2.75. The summed E-state index contributed by atoms with van der Waals surface area (Å²) in [5.74, 6) is -0.620. The molecule has 0 spiro atoms. The van der Waals surface area contributed by atoms with Crippen molar-refractivity contribution in [2.75, 3.05) is 13.2 Å². The maximum absolute atomic E-state index is 12.9. The van der Waals surface area contributed by atoms with Gasteiger partial charge in [-0.2, -0.15) is 0 Å². The first-order valence-electron chi connectivity index (χ1n) is 10.1. The predicted octanol–water partition coefficient (Wildman–Crippen LogP) is 4.24. The van der Waals surface area contributed by atoms with Crippen molar-refractivity contribution >= 4 is 12.0 Å². The van der Waals surface area contributed by atoms with Gasteiger partial charge in [-0.15, -0.1) is 0 Å². The molecule has 0 bridgehead atoms. The Morgan fingerprint density at radius 3 is 2.62 bits per heavy atom. The number of esters is 1. The Labute approximate surface area is 170 Å². The van der Waals surface area contributed by atoms with Gasteiger partial charge >= 0.3 is 12.0 Å². The maximum Gasteiger partial charge on any atom is 0.328 e. The molecule has 3 rings (SSSR count). The zero-order valence-electron chi connectivity index (χ0n) is 16.6. The molecule has 1 aliphatic heterocycles. The van der Waals surface area contributed by atoms with E-state index in [1.54, 1.807) is 17.0 Å². The van der Waals surface area contributed by atoms with Gasteiger partial charge in [0, 0.05) is 6.54 Å². The lowest BCUT2D eigenvalue weighted by Gasteiger charge is -2.25. The van der Waals surface area contributed by atoms with Gasteiger partial charge in [0.05, 0.1) is 12.6 Å². The van der Waals surface area contributed by atoms with E-state index in [1.807, 2.05) is 37.3 Å². The fraction of sp³-hybridized carbons (Fsp3) is 0.391. The van der Waals surface area contributed by atoms with Gasteiger partial charge in [-0.1, -0.05) is 42.5 Å². The van der Waals surface area contributed by atoms with Crippen LogP contribution in [-0.4, -0.2) is 36.1 Å².